The van der Waals surface area contributed by atoms with Crippen LogP contribution in [0.15, 0.2) is 30.3 Å². The Labute approximate surface area is 98.5 Å². The number of ether oxygens (including phenoxy) is 1. The first-order valence-electron chi connectivity index (χ1n) is 5.00. The number of nitrogens with zero attached hydrogens (tertiary/aromatic N) is 3. The smallest absolute Gasteiger partial charge is 0.322 e. The molecule has 0 saturated heterocycles. The Bertz CT molecular complexity index is 527. The number of benzene rings is 1. The topological polar surface area (TPSA) is 68.1 Å². The molecule has 0 fully saturated rings. The molecule has 0 aliphatic carbocycles. The molecule has 0 amide bonds. The van der Waals surface area contributed by atoms with Crippen molar-refractivity contribution in [1.29, 1.82) is 0 Å². The van der Waals surface area contributed by atoms with E-state index in [-0.39, 0.29) is 12.0 Å². The first-order chi connectivity index (χ1) is 8.28. The minimum Gasteiger partial charge on any atom is -0.479 e. The van der Waals surface area contributed by atoms with E-state index < -0.39 is 0 Å². The summed E-state index contributed by atoms with van der Waals surface area (Å²) in [6.45, 7) is 0. The van der Waals surface area contributed by atoms with E-state index in [0.29, 0.717) is 5.82 Å². The second-order valence-electron chi connectivity index (χ2n) is 3.22. The van der Waals surface area contributed by atoms with E-state index in [1.165, 1.54) is 7.11 Å². The van der Waals surface area contributed by atoms with Gasteiger partial charge in [0, 0.05) is 0 Å². The molecule has 17 heavy (non-hydrogen) atoms. The lowest BCUT2D eigenvalue weighted by Gasteiger charge is -1.98. The predicted molar refractivity (Wildman–Crippen MR) is 63.4 cm³/mol. The van der Waals surface area contributed by atoms with Gasteiger partial charge >= 0.3 is 12.0 Å². The Morgan fingerprint density at radius 3 is 2.53 bits per heavy atom. The van der Waals surface area contributed by atoms with Gasteiger partial charge in [0.25, 0.3) is 0 Å². The number of methoxy groups -OCH3 is 1. The van der Waals surface area contributed by atoms with Crippen LogP contribution < -0.4 is 4.74 Å². The van der Waals surface area contributed by atoms with Crippen molar-refractivity contribution in [2.24, 2.45) is 0 Å². The Kier molecular flexibility index (Phi) is 3.30. The number of aromatic nitrogens is 3. The molecule has 0 bridgehead atoms. The fourth-order valence-electron chi connectivity index (χ4n) is 1.26. The number of hydrogen-bond acceptors (Lipinski definition) is 5. The first-order valence-corrected chi connectivity index (χ1v) is 5.00. The number of hydrogen-bond donors (Lipinski definition) is 1. The number of rotatable bonds is 3. The molecule has 0 radical (unpaired) electrons. The van der Waals surface area contributed by atoms with Gasteiger partial charge in [-0.15, -0.1) is 4.98 Å². The van der Waals surface area contributed by atoms with Gasteiger partial charge in [0.1, 0.15) is 0 Å². The van der Waals surface area contributed by atoms with Gasteiger partial charge in [-0.3, -0.25) is 0 Å². The third-order valence-corrected chi connectivity index (χ3v) is 2.03. The van der Waals surface area contributed by atoms with E-state index in [0.717, 1.165) is 5.56 Å². The van der Waals surface area contributed by atoms with Crippen LogP contribution in [0, 0.1) is 0 Å². The molecular formula is C12H11N3O2. The second kappa shape index (κ2) is 5.07. The van der Waals surface area contributed by atoms with Gasteiger partial charge < -0.3 is 9.84 Å². The summed E-state index contributed by atoms with van der Waals surface area (Å²) >= 11 is 0. The standard InChI is InChI=1S/C12H11N3O2/c1-17-12-14-10(13-11(16)15-12)8-7-9-5-3-2-4-6-9/h2-8H,1H3,(H,13,14,15,16)/b8-7+. The molecule has 0 saturated carbocycles. The zero-order valence-electron chi connectivity index (χ0n) is 9.24. The van der Waals surface area contributed by atoms with Crippen LogP contribution >= 0.6 is 0 Å². The Balaban J connectivity index is 2.24. The molecule has 2 rings (SSSR count). The molecule has 0 spiro atoms. The van der Waals surface area contributed by atoms with Crippen LogP contribution in [0.1, 0.15) is 11.4 Å². The summed E-state index contributed by atoms with van der Waals surface area (Å²) in [4.78, 5) is 11.3. The van der Waals surface area contributed by atoms with Crippen molar-refractivity contribution in [3.8, 4) is 12.0 Å². The third-order valence-electron chi connectivity index (χ3n) is 2.03. The molecule has 86 valence electrons. The van der Waals surface area contributed by atoms with Crippen molar-refractivity contribution in [2.45, 2.75) is 0 Å². The normalized spacial score (nSPS) is 10.6. The van der Waals surface area contributed by atoms with Crippen LogP contribution in [0.2, 0.25) is 0 Å². The Hall–Kier alpha value is -2.43. The summed E-state index contributed by atoms with van der Waals surface area (Å²) in [5, 5.41) is 9.25. The van der Waals surface area contributed by atoms with Crippen molar-refractivity contribution in [1.82, 2.24) is 15.0 Å². The lowest BCUT2D eigenvalue weighted by Crippen LogP contribution is -1.96. The maximum Gasteiger partial charge on any atom is 0.322 e. The van der Waals surface area contributed by atoms with Gasteiger partial charge in [-0.25, -0.2) is 0 Å². The van der Waals surface area contributed by atoms with E-state index in [1.807, 2.05) is 36.4 Å². The van der Waals surface area contributed by atoms with Gasteiger partial charge in [0.05, 0.1) is 7.11 Å². The summed E-state index contributed by atoms with van der Waals surface area (Å²) < 4.78 is 4.83. The monoisotopic (exact) mass is 229 g/mol. The highest BCUT2D eigenvalue weighted by Crippen LogP contribution is 2.10. The molecule has 2 aromatic rings. The fraction of sp³-hybridized carbons (Fsp3) is 0.0833. The highest BCUT2D eigenvalue weighted by molar-refractivity contribution is 5.66. The highest BCUT2D eigenvalue weighted by Gasteiger charge is 2.02. The lowest BCUT2D eigenvalue weighted by atomic mass is 10.2. The van der Waals surface area contributed by atoms with Crippen LogP contribution in [0.3, 0.4) is 0 Å². The molecule has 1 heterocycles. The maximum absolute atomic E-state index is 9.25. The van der Waals surface area contributed by atoms with E-state index in [9.17, 15) is 5.11 Å². The van der Waals surface area contributed by atoms with Gasteiger partial charge in [-0.1, -0.05) is 36.4 Å². The third kappa shape index (κ3) is 3.01. The fourth-order valence-corrected chi connectivity index (χ4v) is 1.26. The molecule has 1 aromatic carbocycles. The predicted octanol–water partition coefficient (Wildman–Crippen LogP) is 1.76. The summed E-state index contributed by atoms with van der Waals surface area (Å²) in [6.07, 6.45) is 3.52. The molecule has 1 N–H and O–H groups in total. The quantitative estimate of drug-likeness (QED) is 0.868. The van der Waals surface area contributed by atoms with Crippen molar-refractivity contribution in [2.75, 3.05) is 7.11 Å². The van der Waals surface area contributed by atoms with Crippen molar-refractivity contribution in [3.63, 3.8) is 0 Å². The van der Waals surface area contributed by atoms with Crippen LogP contribution in [0.5, 0.6) is 12.0 Å². The SMILES string of the molecule is COc1nc(O)nc(/C=C/c2ccccc2)n1. The largest absolute Gasteiger partial charge is 0.479 e. The van der Waals surface area contributed by atoms with Crippen LogP contribution in [0.25, 0.3) is 12.2 Å². The van der Waals surface area contributed by atoms with Gasteiger partial charge in [0.2, 0.25) is 0 Å². The van der Waals surface area contributed by atoms with Crippen molar-refractivity contribution < 1.29 is 9.84 Å². The van der Waals surface area contributed by atoms with Crippen LogP contribution in [0.4, 0.5) is 0 Å². The molecule has 1 aromatic heterocycles. The lowest BCUT2D eigenvalue weighted by molar-refractivity contribution is 0.354. The van der Waals surface area contributed by atoms with E-state index in [2.05, 4.69) is 15.0 Å². The second-order valence-corrected chi connectivity index (χ2v) is 3.22. The maximum atomic E-state index is 9.25. The molecule has 0 atom stereocenters. The van der Waals surface area contributed by atoms with Gasteiger partial charge in [0.15, 0.2) is 5.82 Å². The highest BCUT2D eigenvalue weighted by atomic mass is 16.5. The van der Waals surface area contributed by atoms with Gasteiger partial charge in [-0.2, -0.15) is 9.97 Å². The molecule has 0 unspecified atom stereocenters. The van der Waals surface area contributed by atoms with Crippen LogP contribution in [-0.2, 0) is 0 Å². The molecule has 0 aliphatic rings. The summed E-state index contributed by atoms with van der Waals surface area (Å²) in [6, 6.07) is 9.45. The summed E-state index contributed by atoms with van der Waals surface area (Å²) in [7, 11) is 1.43. The molecule has 5 nitrogen and oxygen atoms in total. The molecular weight excluding hydrogens is 218 g/mol. The molecule has 5 heteroatoms. The zero-order chi connectivity index (χ0) is 12.1. The summed E-state index contributed by atoms with van der Waals surface area (Å²) in [5.74, 6) is 0.346. The molecule has 0 aliphatic heterocycles. The Morgan fingerprint density at radius 1 is 1.06 bits per heavy atom. The van der Waals surface area contributed by atoms with Crippen molar-refractivity contribution in [3.05, 3.63) is 41.7 Å². The Morgan fingerprint density at radius 2 is 1.82 bits per heavy atom. The average Bonchev–Trinajstić information content (AvgIpc) is 2.37. The van der Waals surface area contributed by atoms with E-state index in [4.69, 9.17) is 4.74 Å². The van der Waals surface area contributed by atoms with E-state index >= 15 is 0 Å². The van der Waals surface area contributed by atoms with Crippen LogP contribution in [-0.4, -0.2) is 27.2 Å². The first kappa shape index (κ1) is 11.1. The number of aromatic hydroxyl groups is 1. The minimum absolute atomic E-state index is 0.0882. The average molecular weight is 229 g/mol. The van der Waals surface area contributed by atoms with E-state index in [1.54, 1.807) is 6.08 Å². The zero-order valence-corrected chi connectivity index (χ0v) is 9.24. The van der Waals surface area contributed by atoms with Gasteiger partial charge in [-0.05, 0) is 11.6 Å². The van der Waals surface area contributed by atoms with Crippen molar-refractivity contribution >= 4 is 12.2 Å². The summed E-state index contributed by atoms with van der Waals surface area (Å²) in [5.41, 5.74) is 1.02. The minimum atomic E-state index is -0.357.